The molecule has 3 rings (SSSR count). The number of carbonyl (C=O) groups is 2. The van der Waals surface area contributed by atoms with E-state index in [1.54, 1.807) is 12.1 Å². The van der Waals surface area contributed by atoms with Crippen LogP contribution in [0.25, 0.3) is 0 Å². The number of rotatable bonds is 6. The van der Waals surface area contributed by atoms with Crippen molar-refractivity contribution in [3.63, 3.8) is 0 Å². The lowest BCUT2D eigenvalue weighted by molar-refractivity contribution is -0.383. The number of benzene rings is 2. The van der Waals surface area contributed by atoms with E-state index in [4.69, 9.17) is 0 Å². The Kier molecular flexibility index (Phi) is 5.44. The molecule has 0 atom stereocenters. The first-order chi connectivity index (χ1) is 13.0. The summed E-state index contributed by atoms with van der Waals surface area (Å²) in [6.07, 6.45) is 1.47. The molecule has 0 bridgehead atoms. The van der Waals surface area contributed by atoms with Crippen LogP contribution in [0.3, 0.4) is 0 Å². The topological polar surface area (TPSA) is 92.6 Å². The first kappa shape index (κ1) is 18.5. The molecule has 1 aliphatic heterocycles. The van der Waals surface area contributed by atoms with E-state index in [2.05, 4.69) is 5.32 Å². The van der Waals surface area contributed by atoms with E-state index in [9.17, 15) is 24.1 Å². The summed E-state index contributed by atoms with van der Waals surface area (Å²) >= 11 is 0. The summed E-state index contributed by atoms with van der Waals surface area (Å²) in [5.41, 5.74) is 1.02. The number of imide groups is 1. The van der Waals surface area contributed by atoms with Crippen molar-refractivity contribution in [2.45, 2.75) is 25.7 Å². The molecular weight excluding hydrogens is 353 g/mol. The van der Waals surface area contributed by atoms with Gasteiger partial charge in [-0.05, 0) is 42.7 Å². The molecular formula is C19H18FN3O4. The molecule has 2 amide bonds. The van der Waals surface area contributed by atoms with Crippen LogP contribution in [0.2, 0.25) is 0 Å². The molecule has 0 saturated carbocycles. The fourth-order valence-corrected chi connectivity index (χ4v) is 3.04. The van der Waals surface area contributed by atoms with Gasteiger partial charge in [-0.3, -0.25) is 24.6 Å². The molecule has 0 spiro atoms. The Morgan fingerprint density at radius 1 is 1.11 bits per heavy atom. The fraction of sp³-hybridized carbons (Fsp3) is 0.263. The van der Waals surface area contributed by atoms with E-state index >= 15 is 0 Å². The molecule has 1 heterocycles. The number of nitrogens with one attached hydrogen (secondary N) is 1. The van der Waals surface area contributed by atoms with Crippen molar-refractivity contribution < 1.29 is 18.9 Å². The number of piperidine rings is 1. The average Bonchev–Trinajstić information content (AvgIpc) is 2.62. The summed E-state index contributed by atoms with van der Waals surface area (Å²) in [6.45, 7) is 0.366. The fourth-order valence-electron chi connectivity index (χ4n) is 3.04. The summed E-state index contributed by atoms with van der Waals surface area (Å²) in [5.74, 6) is -1.04. The van der Waals surface area contributed by atoms with Crippen molar-refractivity contribution in [3.8, 4) is 0 Å². The molecule has 7 nitrogen and oxygen atoms in total. The summed E-state index contributed by atoms with van der Waals surface area (Å²) in [5, 5.41) is 14.4. The first-order valence-electron chi connectivity index (χ1n) is 8.58. The Bertz CT molecular complexity index is 884. The van der Waals surface area contributed by atoms with E-state index in [0.717, 1.165) is 10.5 Å². The quantitative estimate of drug-likeness (QED) is 0.477. The molecule has 0 aliphatic carbocycles. The van der Waals surface area contributed by atoms with Gasteiger partial charge in [0.05, 0.1) is 10.6 Å². The molecule has 0 radical (unpaired) electrons. The van der Waals surface area contributed by atoms with E-state index in [-0.39, 0.29) is 47.5 Å². The van der Waals surface area contributed by atoms with E-state index in [1.807, 2.05) is 0 Å². The number of nitro benzene ring substituents is 1. The Labute approximate surface area is 154 Å². The molecule has 1 fully saturated rings. The molecule has 1 saturated heterocycles. The lowest BCUT2D eigenvalue weighted by Crippen LogP contribution is -2.40. The van der Waals surface area contributed by atoms with Crippen LogP contribution in [-0.2, 0) is 16.0 Å². The monoisotopic (exact) mass is 371 g/mol. The van der Waals surface area contributed by atoms with Gasteiger partial charge in [0.25, 0.3) is 5.69 Å². The zero-order valence-corrected chi connectivity index (χ0v) is 14.5. The minimum Gasteiger partial charge on any atom is -0.379 e. The predicted molar refractivity (Wildman–Crippen MR) is 98.0 cm³/mol. The number of hydrogen-bond acceptors (Lipinski definition) is 5. The van der Waals surface area contributed by atoms with Crippen molar-refractivity contribution in [3.05, 3.63) is 64.0 Å². The smallest absolute Gasteiger partial charge is 0.294 e. The van der Waals surface area contributed by atoms with E-state index in [0.29, 0.717) is 19.4 Å². The molecule has 0 aromatic heterocycles. The third-order valence-electron chi connectivity index (χ3n) is 4.33. The molecule has 2 aromatic carbocycles. The Hall–Kier alpha value is -3.29. The second-order valence-electron chi connectivity index (χ2n) is 6.24. The highest BCUT2D eigenvalue weighted by Gasteiger charge is 2.29. The van der Waals surface area contributed by atoms with Gasteiger partial charge in [0.1, 0.15) is 11.5 Å². The highest BCUT2D eigenvalue weighted by Crippen LogP contribution is 2.31. The second-order valence-corrected chi connectivity index (χ2v) is 6.24. The third kappa shape index (κ3) is 4.28. The first-order valence-corrected chi connectivity index (χ1v) is 8.58. The number of nitro groups is 1. The number of carbonyl (C=O) groups excluding carboxylic acids is 2. The minimum absolute atomic E-state index is 0.201. The average molecular weight is 371 g/mol. The zero-order valence-electron chi connectivity index (χ0n) is 14.5. The standard InChI is InChI=1S/C19H18FN3O4/c20-14-4-1-3-13(11-14)9-10-21-16-8-7-15(12-17(16)23(26)27)22-18(24)5-2-6-19(22)25/h1,3-4,7-8,11-12,21H,2,5-6,9-10H2. The maximum absolute atomic E-state index is 13.2. The van der Waals surface area contributed by atoms with Gasteiger partial charge in [0, 0.05) is 25.5 Å². The summed E-state index contributed by atoms with van der Waals surface area (Å²) in [6, 6.07) is 10.4. The van der Waals surface area contributed by atoms with Crippen molar-refractivity contribution >= 4 is 28.9 Å². The maximum Gasteiger partial charge on any atom is 0.294 e. The predicted octanol–water partition coefficient (Wildman–Crippen LogP) is 3.43. The Morgan fingerprint density at radius 3 is 2.52 bits per heavy atom. The lowest BCUT2D eigenvalue weighted by Gasteiger charge is -2.25. The highest BCUT2D eigenvalue weighted by atomic mass is 19.1. The minimum atomic E-state index is -0.563. The maximum atomic E-state index is 13.2. The Morgan fingerprint density at radius 2 is 1.85 bits per heavy atom. The number of hydrogen-bond donors (Lipinski definition) is 1. The van der Waals surface area contributed by atoms with Gasteiger partial charge in [0.15, 0.2) is 0 Å². The van der Waals surface area contributed by atoms with Gasteiger partial charge >= 0.3 is 0 Å². The molecule has 140 valence electrons. The summed E-state index contributed by atoms with van der Waals surface area (Å²) < 4.78 is 13.2. The van der Waals surface area contributed by atoms with Crippen LogP contribution < -0.4 is 10.2 Å². The number of anilines is 2. The van der Waals surface area contributed by atoms with Crippen molar-refractivity contribution in [1.82, 2.24) is 0 Å². The van der Waals surface area contributed by atoms with Gasteiger partial charge in [0.2, 0.25) is 11.8 Å². The largest absolute Gasteiger partial charge is 0.379 e. The van der Waals surface area contributed by atoms with E-state index < -0.39 is 4.92 Å². The molecule has 27 heavy (non-hydrogen) atoms. The van der Waals surface area contributed by atoms with Crippen LogP contribution >= 0.6 is 0 Å². The molecule has 2 aromatic rings. The van der Waals surface area contributed by atoms with Crippen LogP contribution in [0, 0.1) is 15.9 Å². The van der Waals surface area contributed by atoms with Crippen LogP contribution in [0.1, 0.15) is 24.8 Å². The van der Waals surface area contributed by atoms with Gasteiger partial charge in [-0.25, -0.2) is 4.39 Å². The van der Waals surface area contributed by atoms with E-state index in [1.165, 1.54) is 30.3 Å². The van der Waals surface area contributed by atoms with Crippen LogP contribution in [0.15, 0.2) is 42.5 Å². The Balaban J connectivity index is 1.76. The van der Waals surface area contributed by atoms with Crippen LogP contribution in [0.4, 0.5) is 21.5 Å². The molecule has 1 N–H and O–H groups in total. The zero-order chi connectivity index (χ0) is 19.4. The van der Waals surface area contributed by atoms with Crippen molar-refractivity contribution in [1.29, 1.82) is 0 Å². The van der Waals surface area contributed by atoms with Crippen molar-refractivity contribution in [2.24, 2.45) is 0 Å². The summed E-state index contributed by atoms with van der Waals surface area (Å²) in [4.78, 5) is 35.9. The SMILES string of the molecule is O=C1CCCC(=O)N1c1ccc(NCCc2cccc(F)c2)c([N+](=O)[O-])c1. The lowest BCUT2D eigenvalue weighted by atomic mass is 10.1. The van der Waals surface area contributed by atoms with Crippen molar-refractivity contribution in [2.75, 3.05) is 16.8 Å². The number of amides is 2. The summed E-state index contributed by atoms with van der Waals surface area (Å²) in [7, 11) is 0. The molecule has 8 heteroatoms. The second kappa shape index (κ2) is 7.94. The third-order valence-corrected chi connectivity index (χ3v) is 4.33. The normalized spacial score (nSPS) is 14.3. The highest BCUT2D eigenvalue weighted by molar-refractivity contribution is 6.16. The van der Waals surface area contributed by atoms with Crippen LogP contribution in [-0.4, -0.2) is 23.3 Å². The van der Waals surface area contributed by atoms with Gasteiger partial charge in [-0.1, -0.05) is 12.1 Å². The van der Waals surface area contributed by atoms with Gasteiger partial charge in [-0.2, -0.15) is 0 Å². The number of nitrogens with zero attached hydrogens (tertiary/aromatic N) is 2. The molecule has 1 aliphatic rings. The van der Waals surface area contributed by atoms with Crippen LogP contribution in [0.5, 0.6) is 0 Å². The number of halogens is 1. The van der Waals surface area contributed by atoms with Gasteiger partial charge in [-0.15, -0.1) is 0 Å². The van der Waals surface area contributed by atoms with Gasteiger partial charge < -0.3 is 5.32 Å². The molecule has 0 unspecified atom stereocenters.